The number of methoxy groups -OCH3 is 1. The molecule has 2 aromatic carbocycles. The highest BCUT2D eigenvalue weighted by atomic mass is 16.5. The fourth-order valence-electron chi connectivity index (χ4n) is 6.16. The lowest BCUT2D eigenvalue weighted by Gasteiger charge is -2.18. The lowest BCUT2D eigenvalue weighted by molar-refractivity contribution is 0.0873. The van der Waals surface area contributed by atoms with Gasteiger partial charge in [0, 0.05) is 24.2 Å². The molecule has 7 rings (SSSR count). The molecule has 0 bridgehead atoms. The normalized spacial score (nSPS) is 18.9. The third-order valence-corrected chi connectivity index (χ3v) is 8.39. The summed E-state index contributed by atoms with van der Waals surface area (Å²) in [7, 11) is 1.55. The summed E-state index contributed by atoms with van der Waals surface area (Å²) in [6, 6.07) is 10.8. The Kier molecular flexibility index (Phi) is 7.10. The van der Waals surface area contributed by atoms with Gasteiger partial charge in [-0.15, -0.1) is 0 Å². The van der Waals surface area contributed by atoms with Crippen molar-refractivity contribution in [2.75, 3.05) is 12.4 Å². The van der Waals surface area contributed by atoms with E-state index in [0.717, 1.165) is 60.6 Å². The number of carbonyl (C=O) groups excluding carboxylic acids is 1. The summed E-state index contributed by atoms with van der Waals surface area (Å²) in [4.78, 5) is 30.2. The first-order valence-corrected chi connectivity index (χ1v) is 14.8. The first kappa shape index (κ1) is 27.2. The standard InChI is InChI=1S/C32H34N6O5/c1-17-34-24-12-10-18(14-27(24)42-17)21-16-33-29-28(21)31(43-20-6-3-4-7-20)38-32(37-29)36-23-13-11-19(15-26(23)41-2)30(40)35-22-8-5-9-25(22)39/h10-16,20,22,25,39H,3-9H2,1-2H3,(H,35,40)(H2,33,36,37,38)/t22-,25-/m0/s1. The molecule has 2 atom stereocenters. The van der Waals surface area contributed by atoms with E-state index in [0.29, 0.717) is 52.4 Å². The SMILES string of the molecule is COc1cc(C(=O)N[C@H]2CCC[C@@H]2O)ccc1Nc1nc(OC2CCCC2)c2c(-c3ccc4nc(C)oc4c3)c[nH]c2n1. The number of nitrogens with zero attached hydrogens (tertiary/aromatic N) is 3. The molecule has 2 fully saturated rings. The Bertz CT molecular complexity index is 1810. The van der Waals surface area contributed by atoms with Crippen molar-refractivity contribution in [2.45, 2.75) is 70.1 Å². The number of amides is 1. The fourth-order valence-corrected chi connectivity index (χ4v) is 6.16. The average molecular weight is 583 g/mol. The van der Waals surface area contributed by atoms with Crippen LogP contribution < -0.4 is 20.1 Å². The van der Waals surface area contributed by atoms with Gasteiger partial charge < -0.3 is 34.6 Å². The number of fused-ring (bicyclic) bond motifs is 2. The molecule has 3 aromatic heterocycles. The predicted molar refractivity (Wildman–Crippen MR) is 162 cm³/mol. The Balaban J connectivity index is 1.21. The lowest BCUT2D eigenvalue weighted by atomic mass is 10.1. The molecular formula is C32H34N6O5. The number of hydrogen-bond acceptors (Lipinski definition) is 9. The summed E-state index contributed by atoms with van der Waals surface area (Å²) in [6.45, 7) is 1.83. The molecule has 0 unspecified atom stereocenters. The van der Waals surface area contributed by atoms with Crippen LogP contribution in [-0.2, 0) is 0 Å². The molecule has 0 saturated heterocycles. The molecule has 2 aliphatic rings. The minimum absolute atomic E-state index is 0.0822. The molecule has 0 spiro atoms. The molecule has 11 nitrogen and oxygen atoms in total. The van der Waals surface area contributed by atoms with Gasteiger partial charge in [-0.3, -0.25) is 4.79 Å². The van der Waals surface area contributed by atoms with E-state index in [4.69, 9.17) is 23.9 Å². The number of H-pyrrole nitrogens is 1. The Morgan fingerprint density at radius 1 is 1.05 bits per heavy atom. The van der Waals surface area contributed by atoms with Gasteiger partial charge in [0.15, 0.2) is 11.5 Å². The van der Waals surface area contributed by atoms with Crippen LogP contribution in [0.2, 0.25) is 0 Å². The van der Waals surface area contributed by atoms with E-state index in [1.54, 1.807) is 25.3 Å². The van der Waals surface area contributed by atoms with Gasteiger partial charge in [-0.1, -0.05) is 6.07 Å². The second-order valence-electron chi connectivity index (χ2n) is 11.3. The van der Waals surface area contributed by atoms with Crippen molar-refractivity contribution in [1.82, 2.24) is 25.3 Å². The van der Waals surface area contributed by atoms with Crippen LogP contribution in [0.1, 0.15) is 61.2 Å². The zero-order valence-corrected chi connectivity index (χ0v) is 24.1. The zero-order chi connectivity index (χ0) is 29.5. The second-order valence-corrected chi connectivity index (χ2v) is 11.3. The summed E-state index contributed by atoms with van der Waals surface area (Å²) >= 11 is 0. The maximum Gasteiger partial charge on any atom is 0.251 e. The largest absolute Gasteiger partial charge is 0.495 e. The number of aliphatic hydroxyl groups excluding tert-OH is 1. The average Bonchev–Trinajstić information content (AvgIpc) is 3.81. The van der Waals surface area contributed by atoms with E-state index in [1.807, 2.05) is 31.3 Å². The molecule has 11 heteroatoms. The highest BCUT2D eigenvalue weighted by Crippen LogP contribution is 2.38. The number of aryl methyl sites for hydroxylation is 1. The topological polar surface area (TPSA) is 147 Å². The van der Waals surface area contributed by atoms with Crippen LogP contribution in [0.25, 0.3) is 33.3 Å². The van der Waals surface area contributed by atoms with Crippen LogP contribution >= 0.6 is 0 Å². The molecule has 5 aromatic rings. The first-order valence-electron chi connectivity index (χ1n) is 14.8. The van der Waals surface area contributed by atoms with Crippen LogP contribution in [0.15, 0.2) is 47.0 Å². The zero-order valence-electron chi connectivity index (χ0n) is 24.1. The number of aromatic amines is 1. The second kappa shape index (κ2) is 11.2. The van der Waals surface area contributed by atoms with Crippen molar-refractivity contribution in [3.63, 3.8) is 0 Å². The highest BCUT2D eigenvalue weighted by molar-refractivity contribution is 5.99. The van der Waals surface area contributed by atoms with Gasteiger partial charge in [-0.2, -0.15) is 9.97 Å². The third kappa shape index (κ3) is 5.36. The molecule has 222 valence electrons. The van der Waals surface area contributed by atoms with E-state index in [1.165, 1.54) is 0 Å². The van der Waals surface area contributed by atoms with Gasteiger partial charge in [-0.25, -0.2) is 4.98 Å². The number of benzene rings is 2. The number of oxazole rings is 1. The van der Waals surface area contributed by atoms with E-state index in [9.17, 15) is 9.90 Å². The van der Waals surface area contributed by atoms with Crippen molar-refractivity contribution >= 4 is 39.7 Å². The predicted octanol–water partition coefficient (Wildman–Crippen LogP) is 5.79. The summed E-state index contributed by atoms with van der Waals surface area (Å²) < 4.78 is 17.9. The molecule has 2 saturated carbocycles. The highest BCUT2D eigenvalue weighted by Gasteiger charge is 2.27. The van der Waals surface area contributed by atoms with Gasteiger partial charge in [0.2, 0.25) is 11.8 Å². The molecule has 3 heterocycles. The molecule has 1 amide bonds. The summed E-state index contributed by atoms with van der Waals surface area (Å²) in [5.41, 5.74) is 5.03. The van der Waals surface area contributed by atoms with E-state index >= 15 is 0 Å². The molecular weight excluding hydrogens is 548 g/mol. The van der Waals surface area contributed by atoms with Crippen LogP contribution in [0.5, 0.6) is 11.6 Å². The first-order chi connectivity index (χ1) is 20.9. The van der Waals surface area contributed by atoms with Gasteiger partial charge in [0.1, 0.15) is 23.0 Å². The minimum atomic E-state index is -0.512. The maximum atomic E-state index is 12.9. The summed E-state index contributed by atoms with van der Waals surface area (Å²) in [6.07, 6.45) is 8.05. The van der Waals surface area contributed by atoms with E-state index in [-0.39, 0.29) is 18.1 Å². The Morgan fingerprint density at radius 3 is 2.70 bits per heavy atom. The Hall–Kier alpha value is -4.64. The van der Waals surface area contributed by atoms with E-state index in [2.05, 4.69) is 20.6 Å². The number of nitrogens with one attached hydrogen (secondary N) is 3. The molecule has 4 N–H and O–H groups in total. The molecule has 2 aliphatic carbocycles. The van der Waals surface area contributed by atoms with E-state index < -0.39 is 6.10 Å². The molecule has 0 radical (unpaired) electrons. The molecule has 43 heavy (non-hydrogen) atoms. The maximum absolute atomic E-state index is 12.9. The lowest BCUT2D eigenvalue weighted by Crippen LogP contribution is -2.39. The van der Waals surface area contributed by atoms with Crippen molar-refractivity contribution in [3.8, 4) is 22.8 Å². The fraction of sp³-hybridized carbons (Fsp3) is 0.375. The Labute approximate surface area is 248 Å². The minimum Gasteiger partial charge on any atom is -0.495 e. The van der Waals surface area contributed by atoms with Crippen LogP contribution in [-0.4, -0.2) is 56.3 Å². The summed E-state index contributed by atoms with van der Waals surface area (Å²) in [5.74, 6) is 1.66. The smallest absolute Gasteiger partial charge is 0.251 e. The number of aliphatic hydroxyl groups is 1. The van der Waals surface area contributed by atoms with Crippen molar-refractivity contribution in [1.29, 1.82) is 0 Å². The number of hydrogen-bond donors (Lipinski definition) is 4. The van der Waals surface area contributed by atoms with Gasteiger partial charge in [0.25, 0.3) is 5.91 Å². The van der Waals surface area contributed by atoms with Crippen LogP contribution in [0, 0.1) is 6.92 Å². The van der Waals surface area contributed by atoms with Crippen LogP contribution in [0.4, 0.5) is 11.6 Å². The summed E-state index contributed by atoms with van der Waals surface area (Å²) in [5, 5.41) is 17.1. The quantitative estimate of drug-likeness (QED) is 0.178. The van der Waals surface area contributed by atoms with Gasteiger partial charge in [-0.05, 0) is 80.8 Å². The third-order valence-electron chi connectivity index (χ3n) is 8.39. The van der Waals surface area contributed by atoms with Crippen molar-refractivity contribution < 1.29 is 23.8 Å². The number of anilines is 2. The van der Waals surface area contributed by atoms with Gasteiger partial charge >= 0.3 is 0 Å². The van der Waals surface area contributed by atoms with Crippen molar-refractivity contribution in [2.24, 2.45) is 0 Å². The van der Waals surface area contributed by atoms with Crippen molar-refractivity contribution in [3.05, 3.63) is 54.0 Å². The van der Waals surface area contributed by atoms with Crippen LogP contribution in [0.3, 0.4) is 0 Å². The number of aromatic nitrogens is 4. The number of carbonyl (C=O) groups is 1. The Morgan fingerprint density at radius 2 is 1.91 bits per heavy atom. The monoisotopic (exact) mass is 582 g/mol. The van der Waals surface area contributed by atoms with Gasteiger partial charge in [0.05, 0.1) is 30.3 Å². The number of ether oxygens (including phenoxy) is 2. The number of rotatable bonds is 8. The molecule has 0 aliphatic heterocycles.